The molecule has 3 aromatic rings. The van der Waals surface area contributed by atoms with Crippen molar-refractivity contribution in [3.05, 3.63) is 59.8 Å². The third-order valence-corrected chi connectivity index (χ3v) is 3.53. The van der Waals surface area contributed by atoms with Crippen molar-refractivity contribution in [3.63, 3.8) is 0 Å². The molecule has 1 heterocycles. The highest BCUT2D eigenvalue weighted by Gasteiger charge is 2.18. The maximum absolute atomic E-state index is 11.6. The Balaban J connectivity index is 2.50. The van der Waals surface area contributed by atoms with E-state index in [4.69, 9.17) is 5.73 Å². The number of amides is 1. The lowest BCUT2D eigenvalue weighted by Crippen LogP contribution is -2.15. The monoisotopic (exact) mass is 278 g/mol. The smallest absolute Gasteiger partial charge is 0.267 e. The van der Waals surface area contributed by atoms with Crippen LogP contribution in [0.1, 0.15) is 16.1 Å². The summed E-state index contributed by atoms with van der Waals surface area (Å²) in [5.74, 6) is -0.437. The molecule has 0 aliphatic carbocycles. The molecule has 1 aromatic heterocycles. The molecule has 1 amide bonds. The van der Waals surface area contributed by atoms with Gasteiger partial charge in [0.25, 0.3) is 5.91 Å². The van der Waals surface area contributed by atoms with Crippen LogP contribution >= 0.6 is 0 Å². The van der Waals surface area contributed by atoms with Gasteiger partial charge in [-0.2, -0.15) is 0 Å². The molecule has 3 N–H and O–H groups in total. The lowest BCUT2D eigenvalue weighted by Gasteiger charge is -2.14. The number of nitrogens with zero attached hydrogens (tertiary/aromatic N) is 1. The van der Waals surface area contributed by atoms with Crippen molar-refractivity contribution >= 4 is 16.8 Å². The molecule has 0 bridgehead atoms. The van der Waals surface area contributed by atoms with Crippen LogP contribution in [0.15, 0.2) is 48.5 Å². The van der Waals surface area contributed by atoms with E-state index < -0.39 is 5.91 Å². The zero-order valence-electron chi connectivity index (χ0n) is 11.5. The first-order valence-electron chi connectivity index (χ1n) is 6.57. The molecule has 2 aromatic carbocycles. The predicted octanol–water partition coefficient (Wildman–Crippen LogP) is 3.01. The molecule has 0 unspecified atom stereocenters. The Morgan fingerprint density at radius 2 is 1.81 bits per heavy atom. The van der Waals surface area contributed by atoms with Crippen molar-refractivity contribution in [1.29, 1.82) is 0 Å². The molecule has 3 rings (SSSR count). The van der Waals surface area contributed by atoms with E-state index in [0.717, 1.165) is 11.1 Å². The predicted molar refractivity (Wildman–Crippen MR) is 82.1 cm³/mol. The van der Waals surface area contributed by atoms with Gasteiger partial charge in [-0.1, -0.05) is 36.4 Å². The minimum absolute atomic E-state index is 0.137. The number of carbonyl (C=O) groups excluding carboxylic acids is 1. The fraction of sp³-hybridized carbons (Fsp3) is 0.0588. The maximum atomic E-state index is 11.6. The average Bonchev–Trinajstić information content (AvgIpc) is 2.48. The summed E-state index contributed by atoms with van der Waals surface area (Å²) in [4.78, 5) is 15.9. The van der Waals surface area contributed by atoms with Gasteiger partial charge in [0.15, 0.2) is 0 Å². The number of hydrogen-bond donors (Lipinski definition) is 2. The van der Waals surface area contributed by atoms with E-state index in [9.17, 15) is 9.90 Å². The van der Waals surface area contributed by atoms with Gasteiger partial charge in [0.05, 0.1) is 10.9 Å². The minimum atomic E-state index is -0.574. The van der Waals surface area contributed by atoms with Gasteiger partial charge in [-0.3, -0.25) is 4.79 Å². The molecule has 0 aliphatic rings. The summed E-state index contributed by atoms with van der Waals surface area (Å²) in [6.07, 6.45) is 0. The lowest BCUT2D eigenvalue weighted by molar-refractivity contribution is 0.0995. The van der Waals surface area contributed by atoms with Crippen LogP contribution in [0.5, 0.6) is 5.75 Å². The third kappa shape index (κ3) is 2.10. The number of fused-ring (bicyclic) bond motifs is 1. The number of hydrogen-bond acceptors (Lipinski definition) is 3. The standard InChI is InChI=1S/C17H14N2O2/c1-10-14(11-6-3-2-4-7-11)15-12(8-5-9-13(15)20)19-16(10)17(18)21/h2-9,20H,1H3,(H2,18,21). The van der Waals surface area contributed by atoms with Gasteiger partial charge in [-0.15, -0.1) is 0 Å². The van der Waals surface area contributed by atoms with Gasteiger partial charge in [0.2, 0.25) is 0 Å². The van der Waals surface area contributed by atoms with Gasteiger partial charge in [-0.25, -0.2) is 4.98 Å². The topological polar surface area (TPSA) is 76.2 Å². The summed E-state index contributed by atoms with van der Waals surface area (Å²) >= 11 is 0. The summed E-state index contributed by atoms with van der Waals surface area (Å²) in [6, 6.07) is 14.7. The quantitative estimate of drug-likeness (QED) is 0.756. The molecule has 0 saturated heterocycles. The molecule has 0 spiro atoms. The summed E-state index contributed by atoms with van der Waals surface area (Å²) in [5, 5.41) is 10.8. The molecule has 21 heavy (non-hydrogen) atoms. The first kappa shape index (κ1) is 13.1. The molecule has 4 heteroatoms. The lowest BCUT2D eigenvalue weighted by atomic mass is 9.94. The Morgan fingerprint density at radius 3 is 2.48 bits per heavy atom. The number of rotatable bonds is 2. The van der Waals surface area contributed by atoms with Gasteiger partial charge in [-0.05, 0) is 30.2 Å². The second kappa shape index (κ2) is 4.90. The number of pyridine rings is 1. The van der Waals surface area contributed by atoms with Crippen molar-refractivity contribution < 1.29 is 9.90 Å². The highest BCUT2D eigenvalue weighted by molar-refractivity contribution is 6.05. The van der Waals surface area contributed by atoms with Crippen molar-refractivity contribution in [2.24, 2.45) is 5.73 Å². The van der Waals surface area contributed by atoms with Crippen LogP contribution < -0.4 is 5.73 Å². The number of aromatic hydroxyl groups is 1. The van der Waals surface area contributed by atoms with E-state index in [-0.39, 0.29) is 11.4 Å². The molecule has 0 radical (unpaired) electrons. The Morgan fingerprint density at radius 1 is 1.10 bits per heavy atom. The van der Waals surface area contributed by atoms with Crippen LogP contribution in [-0.2, 0) is 0 Å². The van der Waals surface area contributed by atoms with Gasteiger partial charge in [0.1, 0.15) is 11.4 Å². The van der Waals surface area contributed by atoms with Crippen LogP contribution in [0.4, 0.5) is 0 Å². The van der Waals surface area contributed by atoms with E-state index in [2.05, 4.69) is 4.98 Å². The van der Waals surface area contributed by atoms with Crippen molar-refractivity contribution in [2.75, 3.05) is 0 Å². The van der Waals surface area contributed by atoms with Crippen molar-refractivity contribution in [3.8, 4) is 16.9 Å². The minimum Gasteiger partial charge on any atom is -0.507 e. The Kier molecular flexibility index (Phi) is 3.06. The normalized spacial score (nSPS) is 10.7. The van der Waals surface area contributed by atoms with Gasteiger partial charge < -0.3 is 10.8 Å². The molecule has 0 saturated carbocycles. The summed E-state index contributed by atoms with van der Waals surface area (Å²) in [6.45, 7) is 1.79. The average molecular weight is 278 g/mol. The fourth-order valence-electron chi connectivity index (χ4n) is 2.59. The number of phenols is 1. The second-order valence-electron chi connectivity index (χ2n) is 4.86. The number of primary amides is 1. The largest absolute Gasteiger partial charge is 0.507 e. The van der Waals surface area contributed by atoms with Crippen LogP contribution in [-0.4, -0.2) is 16.0 Å². The molecular formula is C17H14N2O2. The molecule has 4 nitrogen and oxygen atoms in total. The summed E-state index contributed by atoms with van der Waals surface area (Å²) in [5.41, 5.74) is 8.57. The van der Waals surface area contributed by atoms with Crippen molar-refractivity contribution in [1.82, 2.24) is 4.98 Å². The number of nitrogens with two attached hydrogens (primary N) is 1. The highest BCUT2D eigenvalue weighted by atomic mass is 16.3. The Bertz CT molecular complexity index is 842. The zero-order valence-corrected chi connectivity index (χ0v) is 11.5. The first-order valence-corrected chi connectivity index (χ1v) is 6.57. The SMILES string of the molecule is Cc1c(C(N)=O)nc2cccc(O)c2c1-c1ccccc1. The van der Waals surface area contributed by atoms with Crippen molar-refractivity contribution in [2.45, 2.75) is 6.92 Å². The van der Waals surface area contributed by atoms with Crippen LogP contribution in [0.3, 0.4) is 0 Å². The van der Waals surface area contributed by atoms with Crippen LogP contribution in [0.2, 0.25) is 0 Å². The summed E-state index contributed by atoms with van der Waals surface area (Å²) in [7, 11) is 0. The van der Waals surface area contributed by atoms with Crippen LogP contribution in [0.25, 0.3) is 22.0 Å². The fourth-order valence-corrected chi connectivity index (χ4v) is 2.59. The number of aromatic nitrogens is 1. The first-order chi connectivity index (χ1) is 10.1. The second-order valence-corrected chi connectivity index (χ2v) is 4.86. The molecule has 0 aliphatic heterocycles. The van der Waals surface area contributed by atoms with E-state index in [1.165, 1.54) is 0 Å². The van der Waals surface area contributed by atoms with Crippen LogP contribution in [0, 0.1) is 6.92 Å². The van der Waals surface area contributed by atoms with E-state index in [0.29, 0.717) is 16.5 Å². The highest BCUT2D eigenvalue weighted by Crippen LogP contribution is 2.37. The van der Waals surface area contributed by atoms with Gasteiger partial charge >= 0.3 is 0 Å². The third-order valence-electron chi connectivity index (χ3n) is 3.53. The Labute approximate surface area is 121 Å². The van der Waals surface area contributed by atoms with E-state index >= 15 is 0 Å². The molecular weight excluding hydrogens is 264 g/mol. The van der Waals surface area contributed by atoms with Gasteiger partial charge in [0, 0.05) is 5.56 Å². The summed E-state index contributed by atoms with van der Waals surface area (Å²) < 4.78 is 0. The number of benzene rings is 2. The Hall–Kier alpha value is -2.88. The molecule has 0 fully saturated rings. The van der Waals surface area contributed by atoms with E-state index in [1.54, 1.807) is 25.1 Å². The number of carbonyl (C=O) groups is 1. The van der Waals surface area contributed by atoms with E-state index in [1.807, 2.05) is 30.3 Å². The number of phenolic OH excluding ortho intramolecular Hbond substituents is 1. The zero-order chi connectivity index (χ0) is 15.0. The molecule has 104 valence electrons. The molecule has 0 atom stereocenters. The maximum Gasteiger partial charge on any atom is 0.267 e.